The van der Waals surface area contributed by atoms with Crippen molar-refractivity contribution in [2.45, 2.75) is 12.8 Å². The Morgan fingerprint density at radius 1 is 1.25 bits per heavy atom. The van der Waals surface area contributed by atoms with Crippen molar-refractivity contribution >= 4 is 5.95 Å². The number of aromatic nitrogens is 4. The van der Waals surface area contributed by atoms with Gasteiger partial charge in [-0.3, -0.25) is 4.68 Å². The van der Waals surface area contributed by atoms with Crippen molar-refractivity contribution in [2.24, 2.45) is 18.7 Å². The Morgan fingerprint density at radius 3 is 2.70 bits per heavy atom. The summed E-state index contributed by atoms with van der Waals surface area (Å²) in [4.78, 5) is 11.3. The molecule has 0 aromatic carbocycles. The molecule has 1 fully saturated rings. The van der Waals surface area contributed by atoms with Crippen LogP contribution < -0.4 is 10.6 Å². The highest BCUT2D eigenvalue weighted by atomic mass is 15.3. The third kappa shape index (κ3) is 2.51. The van der Waals surface area contributed by atoms with Crippen LogP contribution in [0.15, 0.2) is 24.5 Å². The molecule has 3 heterocycles. The van der Waals surface area contributed by atoms with Gasteiger partial charge in [-0.05, 0) is 37.4 Å². The molecule has 0 unspecified atom stereocenters. The lowest BCUT2D eigenvalue weighted by Crippen LogP contribution is -2.37. The third-order valence-corrected chi connectivity index (χ3v) is 3.96. The van der Waals surface area contributed by atoms with E-state index in [1.807, 2.05) is 30.1 Å². The summed E-state index contributed by atoms with van der Waals surface area (Å²) in [5, 5.41) is 4.18. The second-order valence-electron chi connectivity index (χ2n) is 5.25. The smallest absolute Gasteiger partial charge is 0.225 e. The van der Waals surface area contributed by atoms with Crippen LogP contribution in [-0.4, -0.2) is 39.4 Å². The molecule has 106 valence electrons. The van der Waals surface area contributed by atoms with Crippen LogP contribution in [0.3, 0.4) is 0 Å². The predicted molar refractivity (Wildman–Crippen MR) is 78.2 cm³/mol. The Hall–Kier alpha value is -1.95. The molecule has 1 saturated heterocycles. The fourth-order valence-corrected chi connectivity index (χ4v) is 2.64. The van der Waals surface area contributed by atoms with E-state index in [0.717, 1.165) is 49.8 Å². The molecule has 6 nitrogen and oxygen atoms in total. The monoisotopic (exact) mass is 272 g/mol. The number of hydrogen-bond acceptors (Lipinski definition) is 5. The van der Waals surface area contributed by atoms with E-state index >= 15 is 0 Å². The van der Waals surface area contributed by atoms with Gasteiger partial charge in [-0.1, -0.05) is 0 Å². The summed E-state index contributed by atoms with van der Waals surface area (Å²) in [5.41, 5.74) is 7.65. The molecule has 0 spiro atoms. The summed E-state index contributed by atoms with van der Waals surface area (Å²) in [6.45, 7) is 2.75. The van der Waals surface area contributed by atoms with Crippen molar-refractivity contribution < 1.29 is 0 Å². The van der Waals surface area contributed by atoms with Crippen LogP contribution in [0.25, 0.3) is 11.4 Å². The van der Waals surface area contributed by atoms with E-state index in [4.69, 9.17) is 5.73 Å². The van der Waals surface area contributed by atoms with Gasteiger partial charge in [0.2, 0.25) is 5.95 Å². The van der Waals surface area contributed by atoms with E-state index < -0.39 is 0 Å². The van der Waals surface area contributed by atoms with Gasteiger partial charge in [0.15, 0.2) is 0 Å². The van der Waals surface area contributed by atoms with Gasteiger partial charge in [-0.2, -0.15) is 5.10 Å². The van der Waals surface area contributed by atoms with Crippen molar-refractivity contribution in [1.29, 1.82) is 0 Å². The Labute approximate surface area is 118 Å². The molecule has 2 aromatic heterocycles. The fraction of sp³-hybridized carbons (Fsp3) is 0.500. The van der Waals surface area contributed by atoms with Gasteiger partial charge in [0, 0.05) is 32.5 Å². The first-order chi connectivity index (χ1) is 9.78. The molecule has 6 heteroatoms. The molecule has 1 aliphatic heterocycles. The predicted octanol–water partition coefficient (Wildman–Crippen LogP) is 1.05. The van der Waals surface area contributed by atoms with E-state index in [9.17, 15) is 0 Å². The topological polar surface area (TPSA) is 72.9 Å². The summed E-state index contributed by atoms with van der Waals surface area (Å²) in [7, 11) is 1.92. The van der Waals surface area contributed by atoms with Gasteiger partial charge in [-0.15, -0.1) is 0 Å². The van der Waals surface area contributed by atoms with Gasteiger partial charge < -0.3 is 10.6 Å². The second-order valence-corrected chi connectivity index (χ2v) is 5.25. The van der Waals surface area contributed by atoms with Crippen LogP contribution in [0.2, 0.25) is 0 Å². The molecule has 2 N–H and O–H groups in total. The molecule has 2 aromatic rings. The molecular formula is C14H20N6. The molecule has 0 atom stereocenters. The van der Waals surface area contributed by atoms with Crippen LogP contribution in [0.4, 0.5) is 5.95 Å². The molecule has 0 radical (unpaired) electrons. The van der Waals surface area contributed by atoms with Gasteiger partial charge in [0.1, 0.15) is 0 Å². The standard InChI is InChI=1S/C14H20N6/c1-19-13(3-7-17-19)12-2-6-16-14(18-12)20-8-4-11(10-15)5-9-20/h2-3,6-7,11H,4-5,8-10,15H2,1H3. The van der Waals surface area contributed by atoms with Gasteiger partial charge in [0.05, 0.1) is 11.4 Å². The zero-order valence-electron chi connectivity index (χ0n) is 11.7. The molecular weight excluding hydrogens is 252 g/mol. The van der Waals surface area contributed by atoms with Crippen molar-refractivity contribution in [2.75, 3.05) is 24.5 Å². The Balaban J connectivity index is 1.80. The van der Waals surface area contributed by atoms with Gasteiger partial charge in [-0.25, -0.2) is 9.97 Å². The minimum absolute atomic E-state index is 0.645. The van der Waals surface area contributed by atoms with Crippen molar-refractivity contribution in [3.63, 3.8) is 0 Å². The minimum atomic E-state index is 0.645. The maximum atomic E-state index is 5.73. The minimum Gasteiger partial charge on any atom is -0.341 e. The van der Waals surface area contributed by atoms with Crippen LogP contribution in [0.5, 0.6) is 0 Å². The second kappa shape index (κ2) is 5.58. The zero-order chi connectivity index (χ0) is 13.9. The number of aryl methyl sites for hydroxylation is 1. The normalized spacial score (nSPS) is 16.6. The third-order valence-electron chi connectivity index (χ3n) is 3.96. The van der Waals surface area contributed by atoms with Gasteiger partial charge in [0.25, 0.3) is 0 Å². The maximum Gasteiger partial charge on any atom is 0.225 e. The Morgan fingerprint density at radius 2 is 2.05 bits per heavy atom. The van der Waals surface area contributed by atoms with Crippen LogP contribution in [0, 0.1) is 5.92 Å². The number of nitrogens with two attached hydrogens (primary N) is 1. The lowest BCUT2D eigenvalue weighted by atomic mass is 9.97. The lowest BCUT2D eigenvalue weighted by Gasteiger charge is -2.31. The van der Waals surface area contributed by atoms with E-state index in [0.29, 0.717) is 5.92 Å². The highest BCUT2D eigenvalue weighted by molar-refractivity contribution is 5.55. The van der Waals surface area contributed by atoms with Crippen LogP contribution in [-0.2, 0) is 7.05 Å². The first-order valence-corrected chi connectivity index (χ1v) is 7.04. The summed E-state index contributed by atoms with van der Waals surface area (Å²) in [5.74, 6) is 1.45. The summed E-state index contributed by atoms with van der Waals surface area (Å²) in [6, 6.07) is 3.89. The average Bonchev–Trinajstić information content (AvgIpc) is 2.94. The molecule has 0 aliphatic carbocycles. The fourth-order valence-electron chi connectivity index (χ4n) is 2.64. The molecule has 3 rings (SSSR count). The highest BCUT2D eigenvalue weighted by Crippen LogP contribution is 2.22. The lowest BCUT2D eigenvalue weighted by molar-refractivity contribution is 0.411. The summed E-state index contributed by atoms with van der Waals surface area (Å²) < 4.78 is 1.83. The van der Waals surface area contributed by atoms with Crippen LogP contribution >= 0.6 is 0 Å². The molecule has 0 bridgehead atoms. The number of piperidine rings is 1. The number of anilines is 1. The Kier molecular flexibility index (Phi) is 3.64. The zero-order valence-corrected chi connectivity index (χ0v) is 11.7. The number of rotatable bonds is 3. The SMILES string of the molecule is Cn1nccc1-c1ccnc(N2CCC(CN)CC2)n1. The Bertz CT molecular complexity index is 571. The summed E-state index contributed by atoms with van der Waals surface area (Å²) >= 11 is 0. The maximum absolute atomic E-state index is 5.73. The largest absolute Gasteiger partial charge is 0.341 e. The molecule has 1 aliphatic rings. The van der Waals surface area contributed by atoms with E-state index in [1.54, 1.807) is 6.20 Å². The summed E-state index contributed by atoms with van der Waals surface area (Å²) in [6.07, 6.45) is 5.84. The first kappa shape index (κ1) is 13.1. The van der Waals surface area contributed by atoms with Gasteiger partial charge >= 0.3 is 0 Å². The van der Waals surface area contributed by atoms with Crippen molar-refractivity contribution in [3.8, 4) is 11.4 Å². The molecule has 0 amide bonds. The van der Waals surface area contributed by atoms with E-state index in [1.165, 1.54) is 0 Å². The average molecular weight is 272 g/mol. The van der Waals surface area contributed by atoms with Crippen LogP contribution in [0.1, 0.15) is 12.8 Å². The van der Waals surface area contributed by atoms with E-state index in [2.05, 4.69) is 20.0 Å². The number of hydrogen-bond donors (Lipinski definition) is 1. The quantitative estimate of drug-likeness (QED) is 0.904. The highest BCUT2D eigenvalue weighted by Gasteiger charge is 2.20. The first-order valence-electron chi connectivity index (χ1n) is 7.04. The van der Waals surface area contributed by atoms with E-state index in [-0.39, 0.29) is 0 Å². The number of nitrogens with zero attached hydrogens (tertiary/aromatic N) is 5. The van der Waals surface area contributed by atoms with Crippen molar-refractivity contribution in [3.05, 3.63) is 24.5 Å². The molecule has 0 saturated carbocycles. The molecule has 20 heavy (non-hydrogen) atoms. The van der Waals surface area contributed by atoms with Crippen molar-refractivity contribution in [1.82, 2.24) is 19.7 Å².